The highest BCUT2D eigenvalue weighted by atomic mass is 35.6. The molecule has 0 amide bonds. The van der Waals surface area contributed by atoms with Gasteiger partial charge in [0.25, 0.3) is 5.69 Å². The van der Waals surface area contributed by atoms with Crippen LogP contribution in [0.3, 0.4) is 0 Å². The van der Waals surface area contributed by atoms with Crippen molar-refractivity contribution in [1.29, 1.82) is 0 Å². The number of alkyl halides is 3. The number of nitro benzene ring substituents is 1. The van der Waals surface area contributed by atoms with Crippen LogP contribution in [0.1, 0.15) is 18.1 Å². The predicted octanol–water partition coefficient (Wildman–Crippen LogP) is 3.06. The number of benzene rings is 1. The highest BCUT2D eigenvalue weighted by Crippen LogP contribution is 2.42. The van der Waals surface area contributed by atoms with E-state index >= 15 is 0 Å². The number of non-ortho nitro benzene ring substituents is 1. The van der Waals surface area contributed by atoms with Gasteiger partial charge >= 0.3 is 10.4 Å². The molecule has 116 valence electrons. The molecule has 7 nitrogen and oxygen atoms in total. The zero-order valence-electron chi connectivity index (χ0n) is 10.1. The van der Waals surface area contributed by atoms with Crippen LogP contribution in [0.25, 0.3) is 0 Å². The molecule has 1 aromatic rings. The molecule has 0 N–H and O–H groups in total. The van der Waals surface area contributed by atoms with E-state index in [1.165, 1.54) is 24.3 Å². The molecule has 1 aromatic carbocycles. The maximum Gasteiger partial charge on any atom is 0.400 e. The first kappa shape index (κ1) is 16.7. The fourth-order valence-corrected chi connectivity index (χ4v) is 3.36. The van der Waals surface area contributed by atoms with Gasteiger partial charge in [0.05, 0.1) is 4.92 Å². The van der Waals surface area contributed by atoms with Crippen LogP contribution in [0, 0.1) is 10.1 Å². The van der Waals surface area contributed by atoms with E-state index in [2.05, 4.69) is 4.18 Å². The van der Waals surface area contributed by atoms with Crippen molar-refractivity contribution in [2.24, 2.45) is 0 Å². The van der Waals surface area contributed by atoms with Crippen LogP contribution in [0.5, 0.6) is 0 Å². The summed E-state index contributed by atoms with van der Waals surface area (Å²) in [6.07, 6.45) is -2.21. The van der Waals surface area contributed by atoms with Crippen LogP contribution in [0.15, 0.2) is 24.3 Å². The minimum atomic E-state index is -4.33. The molecule has 0 bridgehead atoms. The second-order valence-corrected chi connectivity index (χ2v) is 7.77. The van der Waals surface area contributed by atoms with E-state index in [0.717, 1.165) is 0 Å². The molecule has 21 heavy (non-hydrogen) atoms. The Labute approximate surface area is 135 Å². The summed E-state index contributed by atoms with van der Waals surface area (Å²) in [6, 6.07) is 5.20. The SMILES string of the molecule is O=[N+]([O-])c1ccc([C@H]2C[C@H](C(Cl)(Cl)Cl)OS(=O)(=O)O2)cc1. The fourth-order valence-electron chi connectivity index (χ4n) is 1.77. The average molecular weight is 377 g/mol. The van der Waals surface area contributed by atoms with Crippen molar-refractivity contribution in [2.75, 3.05) is 0 Å². The fraction of sp³-hybridized carbons (Fsp3) is 0.400. The second kappa shape index (κ2) is 5.86. The number of nitro groups is 1. The van der Waals surface area contributed by atoms with E-state index in [9.17, 15) is 18.5 Å². The van der Waals surface area contributed by atoms with E-state index in [1.54, 1.807) is 0 Å². The highest BCUT2D eigenvalue weighted by Gasteiger charge is 2.44. The van der Waals surface area contributed by atoms with Gasteiger partial charge < -0.3 is 0 Å². The number of halogens is 3. The van der Waals surface area contributed by atoms with Crippen molar-refractivity contribution in [1.82, 2.24) is 0 Å². The molecule has 0 saturated carbocycles. The average Bonchev–Trinajstić information content (AvgIpc) is 2.36. The highest BCUT2D eigenvalue weighted by molar-refractivity contribution is 7.81. The lowest BCUT2D eigenvalue weighted by Crippen LogP contribution is -2.38. The Balaban J connectivity index is 2.28. The molecule has 0 aromatic heterocycles. The van der Waals surface area contributed by atoms with Gasteiger partial charge in [0.15, 0.2) is 0 Å². The molecule has 0 aliphatic carbocycles. The van der Waals surface area contributed by atoms with Crippen LogP contribution in [-0.4, -0.2) is 23.2 Å². The van der Waals surface area contributed by atoms with E-state index in [-0.39, 0.29) is 12.1 Å². The van der Waals surface area contributed by atoms with Crippen LogP contribution >= 0.6 is 34.8 Å². The minimum absolute atomic E-state index is 0.0342. The van der Waals surface area contributed by atoms with Crippen molar-refractivity contribution in [3.63, 3.8) is 0 Å². The predicted molar refractivity (Wildman–Crippen MR) is 75.6 cm³/mol. The van der Waals surface area contributed by atoms with Crippen molar-refractivity contribution in [3.8, 4) is 0 Å². The largest absolute Gasteiger partial charge is 0.400 e. The van der Waals surface area contributed by atoms with Crippen LogP contribution in [0.4, 0.5) is 5.69 Å². The van der Waals surface area contributed by atoms with Gasteiger partial charge in [-0.2, -0.15) is 8.42 Å². The summed E-state index contributed by atoms with van der Waals surface area (Å²) < 4.78 is 30.5. The molecular weight excluding hydrogens is 369 g/mol. The monoisotopic (exact) mass is 375 g/mol. The molecule has 2 atom stereocenters. The summed E-state index contributed by atoms with van der Waals surface area (Å²) in [5, 5.41) is 10.6. The van der Waals surface area contributed by atoms with Gasteiger partial charge in [-0.05, 0) is 17.7 Å². The van der Waals surface area contributed by atoms with E-state index < -0.39 is 31.3 Å². The number of hydrogen-bond acceptors (Lipinski definition) is 6. The molecule has 1 aliphatic heterocycles. The summed E-state index contributed by atoms with van der Waals surface area (Å²) >= 11 is 17.0. The Morgan fingerprint density at radius 2 is 1.76 bits per heavy atom. The minimum Gasteiger partial charge on any atom is -0.258 e. The Morgan fingerprint density at radius 3 is 2.24 bits per heavy atom. The van der Waals surface area contributed by atoms with Crippen LogP contribution < -0.4 is 0 Å². The molecule has 11 heteroatoms. The number of hydrogen-bond donors (Lipinski definition) is 0. The quantitative estimate of drug-likeness (QED) is 0.447. The van der Waals surface area contributed by atoms with Crippen molar-refractivity contribution in [2.45, 2.75) is 22.4 Å². The molecule has 0 unspecified atom stereocenters. The molecule has 1 saturated heterocycles. The second-order valence-electron chi connectivity index (χ2n) is 4.20. The topological polar surface area (TPSA) is 95.7 Å². The molecule has 0 spiro atoms. The van der Waals surface area contributed by atoms with Gasteiger partial charge in [-0.3, -0.25) is 10.1 Å². The first-order chi connectivity index (χ1) is 9.58. The van der Waals surface area contributed by atoms with E-state index in [0.29, 0.717) is 5.56 Å². The third kappa shape index (κ3) is 4.18. The Morgan fingerprint density at radius 1 is 1.19 bits per heavy atom. The lowest BCUT2D eigenvalue weighted by molar-refractivity contribution is -0.384. The Kier molecular flexibility index (Phi) is 4.67. The summed E-state index contributed by atoms with van der Waals surface area (Å²) in [4.78, 5) is 10.0. The zero-order valence-corrected chi connectivity index (χ0v) is 13.2. The van der Waals surface area contributed by atoms with Gasteiger partial charge in [-0.1, -0.05) is 34.8 Å². The Hall–Kier alpha value is -0.640. The Bertz CT molecular complexity index is 642. The number of nitrogens with zero attached hydrogens (tertiary/aromatic N) is 1. The molecule has 1 aliphatic rings. The third-order valence-electron chi connectivity index (χ3n) is 2.74. The summed E-state index contributed by atoms with van der Waals surface area (Å²) in [5.41, 5.74) is 0.262. The smallest absolute Gasteiger partial charge is 0.258 e. The number of rotatable bonds is 2. The summed E-state index contributed by atoms with van der Waals surface area (Å²) in [6.45, 7) is 0. The molecule has 1 fully saturated rings. The van der Waals surface area contributed by atoms with Gasteiger partial charge in [-0.15, -0.1) is 0 Å². The lowest BCUT2D eigenvalue weighted by atomic mass is 10.0. The van der Waals surface area contributed by atoms with Gasteiger partial charge in [0, 0.05) is 18.6 Å². The van der Waals surface area contributed by atoms with E-state index in [4.69, 9.17) is 39.0 Å². The maximum absolute atomic E-state index is 11.5. The standard InChI is InChI=1S/C10H8Cl3NO6S/c11-10(12,13)9-5-8(19-21(17,18)20-9)6-1-3-7(4-2-6)14(15)16/h1-4,8-9H,5H2/t8-,9-/m1/s1. The van der Waals surface area contributed by atoms with Crippen LogP contribution in [0.2, 0.25) is 0 Å². The van der Waals surface area contributed by atoms with Gasteiger partial charge in [-0.25, -0.2) is 8.37 Å². The normalized spacial score (nSPS) is 25.5. The first-order valence-corrected chi connectivity index (χ1v) is 7.98. The zero-order chi connectivity index (χ0) is 15.8. The van der Waals surface area contributed by atoms with Gasteiger partial charge in [0.1, 0.15) is 12.2 Å². The third-order valence-corrected chi connectivity index (χ3v) is 4.40. The molecule has 1 heterocycles. The summed E-state index contributed by atoms with van der Waals surface area (Å²) in [7, 11) is -4.33. The van der Waals surface area contributed by atoms with E-state index in [1.807, 2.05) is 0 Å². The van der Waals surface area contributed by atoms with Crippen LogP contribution in [-0.2, 0) is 18.8 Å². The van der Waals surface area contributed by atoms with Crippen molar-refractivity contribution < 1.29 is 21.7 Å². The molecule has 0 radical (unpaired) electrons. The maximum atomic E-state index is 11.5. The van der Waals surface area contributed by atoms with Gasteiger partial charge in [0.2, 0.25) is 3.79 Å². The van der Waals surface area contributed by atoms with Crippen molar-refractivity contribution >= 4 is 50.9 Å². The molecule has 2 rings (SSSR count). The molecular formula is C10H8Cl3NO6S. The lowest BCUT2D eigenvalue weighted by Gasteiger charge is -2.32. The first-order valence-electron chi connectivity index (χ1n) is 5.51. The van der Waals surface area contributed by atoms with Crippen molar-refractivity contribution in [3.05, 3.63) is 39.9 Å². The summed E-state index contributed by atoms with van der Waals surface area (Å²) in [5.74, 6) is 0.